The smallest absolute Gasteiger partial charge is 0.251 e. The fourth-order valence-corrected chi connectivity index (χ4v) is 0.655. The van der Waals surface area contributed by atoms with Crippen LogP contribution in [0.15, 0.2) is 17.1 Å². The molecule has 0 saturated heterocycles. The highest BCUT2D eigenvalue weighted by atomic mass is 16.1. The molecule has 1 N–H and O–H groups in total. The van der Waals surface area contributed by atoms with Gasteiger partial charge in [0.2, 0.25) is 0 Å². The maximum atomic E-state index is 10.8. The van der Waals surface area contributed by atoms with Crippen molar-refractivity contribution in [1.82, 2.24) is 4.98 Å². The average molecular weight is 183 g/mol. The van der Waals surface area contributed by atoms with Gasteiger partial charge in [0.15, 0.2) is 0 Å². The summed E-state index contributed by atoms with van der Waals surface area (Å²) in [5.41, 5.74) is 1.85. The zero-order valence-electron chi connectivity index (χ0n) is 9.56. The topological polar surface area (TPSA) is 32.9 Å². The molecular weight excluding hydrogens is 162 g/mol. The number of rotatable bonds is 0. The molecule has 0 aliphatic heterocycles. The zero-order valence-corrected chi connectivity index (χ0v) is 9.56. The van der Waals surface area contributed by atoms with Crippen LogP contribution in [-0.4, -0.2) is 4.98 Å². The van der Waals surface area contributed by atoms with E-state index in [1.807, 2.05) is 47.6 Å². The van der Waals surface area contributed by atoms with Crippen LogP contribution in [-0.2, 0) is 0 Å². The maximum Gasteiger partial charge on any atom is 0.251 e. The summed E-state index contributed by atoms with van der Waals surface area (Å²) in [5.74, 6) is 0. The Kier molecular flexibility index (Phi) is 10.1. The van der Waals surface area contributed by atoms with Crippen molar-refractivity contribution < 1.29 is 0 Å². The average Bonchev–Trinajstić information content (AvgIpc) is 2.20. The first kappa shape index (κ1) is 14.5. The predicted octanol–water partition coefficient (Wildman–Crippen LogP) is 3.04. The monoisotopic (exact) mass is 183 g/mol. The Morgan fingerprint density at radius 2 is 1.54 bits per heavy atom. The molecule has 2 heteroatoms. The number of pyridine rings is 1. The van der Waals surface area contributed by atoms with E-state index in [9.17, 15) is 4.79 Å². The lowest BCUT2D eigenvalue weighted by molar-refractivity contribution is 1.14. The molecule has 1 rings (SSSR count). The second-order valence-electron chi connectivity index (χ2n) is 2.11. The van der Waals surface area contributed by atoms with E-state index in [2.05, 4.69) is 4.98 Å². The third kappa shape index (κ3) is 5.23. The SMILES string of the molecule is CC.CC.Cc1cc[nH]c(=O)c1C. The third-order valence-electron chi connectivity index (χ3n) is 1.48. The van der Waals surface area contributed by atoms with Crippen molar-refractivity contribution in [2.45, 2.75) is 41.5 Å². The summed E-state index contributed by atoms with van der Waals surface area (Å²) in [6.45, 7) is 11.7. The van der Waals surface area contributed by atoms with Crippen LogP contribution in [0.1, 0.15) is 38.8 Å². The first-order valence-electron chi connectivity index (χ1n) is 4.86. The molecule has 2 nitrogen and oxygen atoms in total. The van der Waals surface area contributed by atoms with Gasteiger partial charge in [-0.15, -0.1) is 0 Å². The molecule has 0 radical (unpaired) electrons. The summed E-state index contributed by atoms with van der Waals surface area (Å²) in [6.07, 6.45) is 1.66. The van der Waals surface area contributed by atoms with Crippen molar-refractivity contribution in [1.29, 1.82) is 0 Å². The number of aromatic amines is 1. The van der Waals surface area contributed by atoms with Crippen LogP contribution in [0.3, 0.4) is 0 Å². The summed E-state index contributed by atoms with van der Waals surface area (Å²) in [6, 6.07) is 1.89. The fourth-order valence-electron chi connectivity index (χ4n) is 0.655. The maximum absolute atomic E-state index is 10.8. The first-order chi connectivity index (χ1) is 6.22. The molecule has 0 fully saturated rings. The Morgan fingerprint density at radius 3 is 1.85 bits per heavy atom. The van der Waals surface area contributed by atoms with Crippen LogP contribution < -0.4 is 5.56 Å². The lowest BCUT2D eigenvalue weighted by Crippen LogP contribution is -2.08. The van der Waals surface area contributed by atoms with Crippen molar-refractivity contribution in [2.24, 2.45) is 0 Å². The van der Waals surface area contributed by atoms with Gasteiger partial charge in [-0.05, 0) is 25.5 Å². The van der Waals surface area contributed by atoms with E-state index in [1.54, 1.807) is 6.20 Å². The predicted molar refractivity (Wildman–Crippen MR) is 59.2 cm³/mol. The van der Waals surface area contributed by atoms with Crippen LogP contribution in [0.25, 0.3) is 0 Å². The number of aryl methyl sites for hydroxylation is 1. The largest absolute Gasteiger partial charge is 0.329 e. The van der Waals surface area contributed by atoms with Gasteiger partial charge in [0.25, 0.3) is 5.56 Å². The molecule has 1 heterocycles. The quantitative estimate of drug-likeness (QED) is 0.659. The van der Waals surface area contributed by atoms with Crippen LogP contribution in [0, 0.1) is 13.8 Å². The molecule has 0 aliphatic rings. The number of H-pyrrole nitrogens is 1. The molecule has 1 aromatic heterocycles. The molecule has 0 amide bonds. The second kappa shape index (κ2) is 9.04. The second-order valence-corrected chi connectivity index (χ2v) is 2.11. The summed E-state index contributed by atoms with van der Waals surface area (Å²) in [4.78, 5) is 13.4. The molecule has 0 aromatic carbocycles. The summed E-state index contributed by atoms with van der Waals surface area (Å²) in [5, 5.41) is 0. The zero-order chi connectivity index (χ0) is 10.9. The minimum absolute atomic E-state index is 0.00926. The Bertz CT molecular complexity index is 263. The summed E-state index contributed by atoms with van der Waals surface area (Å²) < 4.78 is 0. The van der Waals surface area contributed by atoms with E-state index in [0.717, 1.165) is 11.1 Å². The molecule has 0 aliphatic carbocycles. The van der Waals surface area contributed by atoms with Crippen LogP contribution in [0.2, 0.25) is 0 Å². The van der Waals surface area contributed by atoms with Gasteiger partial charge in [-0.1, -0.05) is 27.7 Å². The van der Waals surface area contributed by atoms with Crippen LogP contribution in [0.5, 0.6) is 0 Å². The van der Waals surface area contributed by atoms with Gasteiger partial charge in [-0.3, -0.25) is 4.79 Å². The molecule has 13 heavy (non-hydrogen) atoms. The minimum atomic E-state index is 0.00926. The summed E-state index contributed by atoms with van der Waals surface area (Å²) >= 11 is 0. The van der Waals surface area contributed by atoms with Crippen LogP contribution >= 0.6 is 0 Å². The van der Waals surface area contributed by atoms with Crippen molar-refractivity contribution >= 4 is 0 Å². The summed E-state index contributed by atoms with van der Waals surface area (Å²) in [7, 11) is 0. The Balaban J connectivity index is 0. The molecular formula is C11H21NO. The van der Waals surface area contributed by atoms with E-state index < -0.39 is 0 Å². The van der Waals surface area contributed by atoms with Crippen molar-refractivity contribution in [3.63, 3.8) is 0 Å². The van der Waals surface area contributed by atoms with Gasteiger partial charge in [-0.2, -0.15) is 0 Å². The Labute approximate surface area is 81.0 Å². The van der Waals surface area contributed by atoms with Gasteiger partial charge >= 0.3 is 0 Å². The van der Waals surface area contributed by atoms with E-state index in [0.29, 0.717) is 0 Å². The highest BCUT2D eigenvalue weighted by molar-refractivity contribution is 5.19. The van der Waals surface area contributed by atoms with Crippen LogP contribution in [0.4, 0.5) is 0 Å². The molecule has 76 valence electrons. The normalized spacial score (nSPS) is 7.54. The molecule has 1 aromatic rings. The molecule has 0 spiro atoms. The van der Waals surface area contributed by atoms with Crippen molar-refractivity contribution in [3.05, 3.63) is 33.7 Å². The highest BCUT2D eigenvalue weighted by Gasteiger charge is 1.92. The first-order valence-corrected chi connectivity index (χ1v) is 4.86. The van der Waals surface area contributed by atoms with Crippen molar-refractivity contribution in [2.75, 3.05) is 0 Å². The van der Waals surface area contributed by atoms with E-state index in [4.69, 9.17) is 0 Å². The number of hydrogen-bond acceptors (Lipinski definition) is 1. The van der Waals surface area contributed by atoms with Gasteiger partial charge in [0.05, 0.1) is 0 Å². The third-order valence-corrected chi connectivity index (χ3v) is 1.48. The fraction of sp³-hybridized carbons (Fsp3) is 0.545. The number of aromatic nitrogens is 1. The number of hydrogen-bond donors (Lipinski definition) is 1. The molecule has 0 unspecified atom stereocenters. The minimum Gasteiger partial charge on any atom is -0.329 e. The lowest BCUT2D eigenvalue weighted by atomic mass is 10.2. The molecule has 0 saturated carbocycles. The van der Waals surface area contributed by atoms with Gasteiger partial charge in [0, 0.05) is 11.8 Å². The van der Waals surface area contributed by atoms with Gasteiger partial charge in [0.1, 0.15) is 0 Å². The lowest BCUT2D eigenvalue weighted by Gasteiger charge is -1.93. The van der Waals surface area contributed by atoms with E-state index in [1.165, 1.54) is 0 Å². The number of nitrogens with one attached hydrogen (secondary N) is 1. The molecule has 0 atom stereocenters. The Hall–Kier alpha value is -1.05. The highest BCUT2D eigenvalue weighted by Crippen LogP contribution is 1.95. The molecule has 0 bridgehead atoms. The van der Waals surface area contributed by atoms with Gasteiger partial charge in [-0.25, -0.2) is 0 Å². The Morgan fingerprint density at radius 1 is 1.08 bits per heavy atom. The van der Waals surface area contributed by atoms with E-state index in [-0.39, 0.29) is 5.56 Å². The van der Waals surface area contributed by atoms with Crippen molar-refractivity contribution in [3.8, 4) is 0 Å². The van der Waals surface area contributed by atoms with Gasteiger partial charge < -0.3 is 4.98 Å². The standard InChI is InChI=1S/C7H9NO.2C2H6/c1-5-3-4-8-7(9)6(5)2;2*1-2/h3-4H,1-2H3,(H,8,9);2*1-2H3. The van der Waals surface area contributed by atoms with E-state index >= 15 is 0 Å².